The zero-order chi connectivity index (χ0) is 12.0. The number of halogens is 1. The van der Waals surface area contributed by atoms with E-state index in [1.807, 2.05) is 0 Å². The van der Waals surface area contributed by atoms with E-state index >= 15 is 0 Å². The maximum atomic E-state index is 10.5. The Hall–Kier alpha value is -1.07. The molecule has 0 heterocycles. The summed E-state index contributed by atoms with van der Waals surface area (Å²) in [4.78, 5) is 10.5. The molecule has 0 saturated carbocycles. The number of ether oxygens (including phenoxy) is 1. The van der Waals surface area contributed by atoms with Gasteiger partial charge in [-0.2, -0.15) is 0 Å². The predicted molar refractivity (Wildman–Crippen MR) is 62.9 cm³/mol. The highest BCUT2D eigenvalue weighted by Crippen LogP contribution is 2.18. The van der Waals surface area contributed by atoms with Gasteiger partial charge in [-0.15, -0.1) is 0 Å². The number of carboxylic acids is 1. The Balaban J connectivity index is 2.57. The van der Waals surface area contributed by atoms with Gasteiger partial charge < -0.3 is 14.9 Å². The first-order chi connectivity index (χ1) is 7.65. The standard InChI is InChI=1S/C11H13BrO4/c12-6-1-7-16-9-4-2-8(3-5-9)10(13)11(14)15/h2-5,10,13H,1,6-7H2,(H,14,15)/t10-/m1/s1. The number of rotatable bonds is 6. The van der Waals surface area contributed by atoms with Gasteiger partial charge in [-0.05, 0) is 24.1 Å². The zero-order valence-electron chi connectivity index (χ0n) is 8.60. The van der Waals surface area contributed by atoms with E-state index < -0.39 is 12.1 Å². The van der Waals surface area contributed by atoms with Gasteiger partial charge in [0, 0.05) is 5.33 Å². The Morgan fingerprint density at radius 1 is 1.38 bits per heavy atom. The molecule has 16 heavy (non-hydrogen) atoms. The summed E-state index contributed by atoms with van der Waals surface area (Å²) in [6.45, 7) is 0.603. The van der Waals surface area contributed by atoms with E-state index in [1.165, 1.54) is 0 Å². The van der Waals surface area contributed by atoms with Gasteiger partial charge >= 0.3 is 5.97 Å². The van der Waals surface area contributed by atoms with E-state index in [9.17, 15) is 9.90 Å². The molecule has 0 spiro atoms. The van der Waals surface area contributed by atoms with Gasteiger partial charge in [0.25, 0.3) is 0 Å². The maximum Gasteiger partial charge on any atom is 0.337 e. The Bertz CT molecular complexity index is 336. The fraction of sp³-hybridized carbons (Fsp3) is 0.364. The summed E-state index contributed by atoms with van der Waals surface area (Å²) >= 11 is 3.29. The summed E-state index contributed by atoms with van der Waals surface area (Å²) in [5, 5.41) is 18.7. The molecule has 88 valence electrons. The number of aliphatic hydroxyl groups excluding tert-OH is 1. The van der Waals surface area contributed by atoms with E-state index in [0.717, 1.165) is 11.8 Å². The molecule has 0 saturated heterocycles. The molecular weight excluding hydrogens is 276 g/mol. The van der Waals surface area contributed by atoms with Crippen molar-refractivity contribution >= 4 is 21.9 Å². The number of hydrogen-bond acceptors (Lipinski definition) is 3. The van der Waals surface area contributed by atoms with Crippen LogP contribution in [0.1, 0.15) is 18.1 Å². The molecule has 0 aliphatic rings. The molecule has 4 nitrogen and oxygen atoms in total. The molecule has 0 unspecified atom stereocenters. The molecule has 5 heteroatoms. The highest BCUT2D eigenvalue weighted by molar-refractivity contribution is 9.09. The topological polar surface area (TPSA) is 66.8 Å². The Labute approximate surface area is 102 Å². The molecule has 1 rings (SSSR count). The first kappa shape index (κ1) is 13.0. The second-order valence-corrected chi connectivity index (χ2v) is 3.99. The molecule has 1 aromatic rings. The molecule has 1 aromatic carbocycles. The van der Waals surface area contributed by atoms with Gasteiger partial charge in [0.05, 0.1) is 6.61 Å². The van der Waals surface area contributed by atoms with Crippen LogP contribution < -0.4 is 4.74 Å². The maximum absolute atomic E-state index is 10.5. The van der Waals surface area contributed by atoms with Crippen LogP contribution in [0.15, 0.2) is 24.3 Å². The van der Waals surface area contributed by atoms with E-state index in [0.29, 0.717) is 17.9 Å². The Kier molecular flexibility index (Phi) is 5.28. The lowest BCUT2D eigenvalue weighted by molar-refractivity contribution is -0.146. The summed E-state index contributed by atoms with van der Waals surface area (Å²) in [5.74, 6) is -0.588. The van der Waals surface area contributed by atoms with Crippen molar-refractivity contribution in [1.82, 2.24) is 0 Å². The fourth-order valence-electron chi connectivity index (χ4n) is 1.13. The SMILES string of the molecule is O=C(O)[C@H](O)c1ccc(OCCCBr)cc1. The van der Waals surface area contributed by atoms with Crippen molar-refractivity contribution in [2.75, 3.05) is 11.9 Å². The molecule has 0 amide bonds. The second kappa shape index (κ2) is 6.50. The Morgan fingerprint density at radius 3 is 2.50 bits per heavy atom. The quantitative estimate of drug-likeness (QED) is 0.620. The average Bonchev–Trinajstić information content (AvgIpc) is 2.29. The van der Waals surface area contributed by atoms with Crippen LogP contribution in [0.4, 0.5) is 0 Å². The number of carbonyl (C=O) groups is 1. The predicted octanol–water partition coefficient (Wildman–Crippen LogP) is 1.97. The van der Waals surface area contributed by atoms with Crippen molar-refractivity contribution in [2.24, 2.45) is 0 Å². The molecule has 0 fully saturated rings. The van der Waals surface area contributed by atoms with Crippen LogP contribution in [0, 0.1) is 0 Å². The molecular formula is C11H13BrO4. The monoisotopic (exact) mass is 288 g/mol. The van der Waals surface area contributed by atoms with Crippen molar-refractivity contribution in [3.63, 3.8) is 0 Å². The van der Waals surface area contributed by atoms with Gasteiger partial charge in [0.1, 0.15) is 5.75 Å². The number of aliphatic carboxylic acids is 1. The lowest BCUT2D eigenvalue weighted by Gasteiger charge is -2.08. The van der Waals surface area contributed by atoms with Crippen molar-refractivity contribution in [1.29, 1.82) is 0 Å². The largest absolute Gasteiger partial charge is 0.494 e. The van der Waals surface area contributed by atoms with Crippen LogP contribution in [-0.2, 0) is 4.79 Å². The minimum atomic E-state index is -1.48. The summed E-state index contributed by atoms with van der Waals surface area (Å²) in [6.07, 6.45) is -0.573. The Morgan fingerprint density at radius 2 is 2.00 bits per heavy atom. The van der Waals surface area contributed by atoms with E-state index in [1.54, 1.807) is 24.3 Å². The second-order valence-electron chi connectivity index (χ2n) is 3.20. The third-order valence-corrected chi connectivity index (χ3v) is 2.54. The number of alkyl halides is 1. The molecule has 0 bridgehead atoms. The van der Waals surface area contributed by atoms with Crippen LogP contribution in [0.3, 0.4) is 0 Å². The smallest absolute Gasteiger partial charge is 0.337 e. The first-order valence-corrected chi connectivity index (χ1v) is 5.97. The summed E-state index contributed by atoms with van der Waals surface area (Å²) in [6, 6.07) is 6.38. The van der Waals surface area contributed by atoms with Crippen molar-refractivity contribution < 1.29 is 19.7 Å². The molecule has 2 N–H and O–H groups in total. The van der Waals surface area contributed by atoms with Crippen molar-refractivity contribution in [3.8, 4) is 5.75 Å². The third kappa shape index (κ3) is 3.83. The number of carboxylic acid groups (broad SMARTS) is 1. The van der Waals surface area contributed by atoms with Crippen LogP contribution in [-0.4, -0.2) is 28.1 Å². The van der Waals surface area contributed by atoms with Gasteiger partial charge in [-0.3, -0.25) is 0 Å². The normalized spacial score (nSPS) is 12.1. The molecule has 1 atom stereocenters. The first-order valence-electron chi connectivity index (χ1n) is 4.84. The highest BCUT2D eigenvalue weighted by atomic mass is 79.9. The minimum Gasteiger partial charge on any atom is -0.494 e. The van der Waals surface area contributed by atoms with Crippen molar-refractivity contribution in [2.45, 2.75) is 12.5 Å². The third-order valence-electron chi connectivity index (χ3n) is 1.98. The minimum absolute atomic E-state index is 0.348. The van der Waals surface area contributed by atoms with Gasteiger partial charge in [-0.25, -0.2) is 4.79 Å². The van der Waals surface area contributed by atoms with Crippen LogP contribution in [0.25, 0.3) is 0 Å². The number of aliphatic hydroxyl groups is 1. The summed E-state index contributed by atoms with van der Waals surface area (Å²) in [5.41, 5.74) is 0.348. The zero-order valence-corrected chi connectivity index (χ0v) is 10.2. The van der Waals surface area contributed by atoms with E-state index in [-0.39, 0.29) is 0 Å². The number of hydrogen-bond donors (Lipinski definition) is 2. The van der Waals surface area contributed by atoms with Crippen molar-refractivity contribution in [3.05, 3.63) is 29.8 Å². The summed E-state index contributed by atoms with van der Waals surface area (Å²) in [7, 11) is 0. The molecule has 0 aliphatic heterocycles. The fourth-order valence-corrected chi connectivity index (χ4v) is 1.36. The van der Waals surface area contributed by atoms with Gasteiger partial charge in [-0.1, -0.05) is 28.1 Å². The van der Waals surface area contributed by atoms with Crippen LogP contribution >= 0.6 is 15.9 Å². The van der Waals surface area contributed by atoms with Crippen LogP contribution in [0.2, 0.25) is 0 Å². The summed E-state index contributed by atoms with van der Waals surface area (Å²) < 4.78 is 5.38. The van der Waals surface area contributed by atoms with Gasteiger partial charge in [0.2, 0.25) is 0 Å². The molecule has 0 aliphatic carbocycles. The van der Waals surface area contributed by atoms with E-state index in [2.05, 4.69) is 15.9 Å². The van der Waals surface area contributed by atoms with Gasteiger partial charge in [0.15, 0.2) is 6.10 Å². The number of benzene rings is 1. The highest BCUT2D eigenvalue weighted by Gasteiger charge is 2.15. The average molecular weight is 289 g/mol. The molecule has 0 aromatic heterocycles. The molecule has 0 radical (unpaired) electrons. The lowest BCUT2D eigenvalue weighted by Crippen LogP contribution is -2.10. The lowest BCUT2D eigenvalue weighted by atomic mass is 10.1. The van der Waals surface area contributed by atoms with E-state index in [4.69, 9.17) is 9.84 Å². The van der Waals surface area contributed by atoms with Crippen LogP contribution in [0.5, 0.6) is 5.75 Å².